The number of aromatic nitrogens is 2. The van der Waals surface area contributed by atoms with Crippen molar-refractivity contribution >= 4 is 28.3 Å². The van der Waals surface area contributed by atoms with Crippen LogP contribution in [-0.4, -0.2) is 22.9 Å². The second-order valence-corrected chi connectivity index (χ2v) is 4.82. The van der Waals surface area contributed by atoms with Crippen LogP contribution >= 0.6 is 11.3 Å². The van der Waals surface area contributed by atoms with Gasteiger partial charge >= 0.3 is 0 Å². The van der Waals surface area contributed by atoms with E-state index in [-0.39, 0.29) is 5.91 Å². The molecule has 0 unspecified atom stereocenters. The van der Waals surface area contributed by atoms with E-state index >= 15 is 0 Å². The predicted molar refractivity (Wildman–Crippen MR) is 72.8 cm³/mol. The molecule has 90 valence electrons. The summed E-state index contributed by atoms with van der Waals surface area (Å²) in [5.74, 6) is 0.742. The van der Waals surface area contributed by atoms with Crippen LogP contribution in [0.1, 0.15) is 10.4 Å². The Morgan fingerprint density at radius 3 is 3.00 bits per heavy atom. The lowest BCUT2D eigenvalue weighted by Crippen LogP contribution is -2.17. The Labute approximate surface area is 108 Å². The van der Waals surface area contributed by atoms with E-state index in [2.05, 4.69) is 15.3 Å². The Morgan fingerprint density at radius 2 is 2.28 bits per heavy atom. The minimum atomic E-state index is -0.0995. The van der Waals surface area contributed by atoms with Gasteiger partial charge in [-0.15, -0.1) is 11.3 Å². The number of nitrogens with zero attached hydrogens (tertiary/aromatic N) is 1. The van der Waals surface area contributed by atoms with Crippen LogP contribution in [0.5, 0.6) is 0 Å². The Morgan fingerprint density at radius 1 is 1.39 bits per heavy atom. The van der Waals surface area contributed by atoms with Crippen LogP contribution in [0.2, 0.25) is 0 Å². The number of carbonyl (C=O) groups is 1. The lowest BCUT2D eigenvalue weighted by Gasteiger charge is -1.97. The number of thiophene rings is 1. The minimum Gasteiger partial charge on any atom is -0.355 e. The van der Waals surface area contributed by atoms with E-state index in [0.29, 0.717) is 5.56 Å². The Kier molecular flexibility index (Phi) is 2.60. The highest BCUT2D eigenvalue weighted by molar-refractivity contribution is 7.13. The van der Waals surface area contributed by atoms with E-state index in [9.17, 15) is 4.79 Å². The maximum absolute atomic E-state index is 11.5. The Bertz CT molecular complexity index is 700. The molecule has 3 rings (SSSR count). The summed E-state index contributed by atoms with van der Waals surface area (Å²) in [7, 11) is 1.62. The molecule has 18 heavy (non-hydrogen) atoms. The van der Waals surface area contributed by atoms with Gasteiger partial charge in [-0.2, -0.15) is 0 Å². The molecule has 4 nitrogen and oxygen atoms in total. The number of hydrogen-bond donors (Lipinski definition) is 2. The summed E-state index contributed by atoms with van der Waals surface area (Å²) in [5, 5.41) is 4.62. The number of aromatic amines is 1. The fourth-order valence-corrected chi connectivity index (χ4v) is 2.49. The summed E-state index contributed by atoms with van der Waals surface area (Å²) >= 11 is 1.63. The van der Waals surface area contributed by atoms with Crippen molar-refractivity contribution in [2.75, 3.05) is 7.05 Å². The first-order valence-corrected chi connectivity index (χ1v) is 6.41. The maximum atomic E-state index is 11.5. The highest BCUT2D eigenvalue weighted by Gasteiger charge is 2.09. The van der Waals surface area contributed by atoms with Gasteiger partial charge in [-0.1, -0.05) is 6.07 Å². The Balaban J connectivity index is 2.10. The van der Waals surface area contributed by atoms with Crippen LogP contribution in [0.15, 0.2) is 35.7 Å². The second kappa shape index (κ2) is 4.27. The van der Waals surface area contributed by atoms with Gasteiger partial charge in [0.05, 0.1) is 15.9 Å². The first-order valence-electron chi connectivity index (χ1n) is 5.53. The first kappa shape index (κ1) is 11.0. The zero-order chi connectivity index (χ0) is 12.5. The van der Waals surface area contributed by atoms with Crippen molar-refractivity contribution < 1.29 is 4.79 Å². The van der Waals surface area contributed by atoms with E-state index in [1.165, 1.54) is 0 Å². The number of benzene rings is 1. The van der Waals surface area contributed by atoms with Crippen molar-refractivity contribution in [1.82, 2.24) is 15.3 Å². The molecule has 5 heteroatoms. The topological polar surface area (TPSA) is 57.8 Å². The summed E-state index contributed by atoms with van der Waals surface area (Å²) in [6.45, 7) is 0. The molecule has 0 bridgehead atoms. The summed E-state index contributed by atoms with van der Waals surface area (Å²) in [5.41, 5.74) is 2.36. The number of H-pyrrole nitrogens is 1. The minimum absolute atomic E-state index is 0.0995. The summed E-state index contributed by atoms with van der Waals surface area (Å²) in [6.07, 6.45) is 0. The van der Waals surface area contributed by atoms with Crippen molar-refractivity contribution in [3.63, 3.8) is 0 Å². The maximum Gasteiger partial charge on any atom is 0.251 e. The van der Waals surface area contributed by atoms with Crippen LogP contribution in [0.3, 0.4) is 0 Å². The summed E-state index contributed by atoms with van der Waals surface area (Å²) < 4.78 is 0. The number of hydrogen-bond acceptors (Lipinski definition) is 3. The molecule has 0 saturated heterocycles. The van der Waals surface area contributed by atoms with Crippen LogP contribution in [-0.2, 0) is 0 Å². The van der Waals surface area contributed by atoms with Gasteiger partial charge < -0.3 is 10.3 Å². The molecule has 0 radical (unpaired) electrons. The van der Waals surface area contributed by atoms with Crippen molar-refractivity contribution in [2.45, 2.75) is 0 Å². The molecule has 0 fully saturated rings. The lowest BCUT2D eigenvalue weighted by molar-refractivity contribution is 0.0963. The molecule has 2 aromatic heterocycles. The number of fused-ring (bicyclic) bond motifs is 1. The number of imidazole rings is 1. The zero-order valence-corrected chi connectivity index (χ0v) is 10.5. The molecule has 3 aromatic rings. The smallest absolute Gasteiger partial charge is 0.251 e. The van der Waals surface area contributed by atoms with Crippen LogP contribution in [0.25, 0.3) is 21.7 Å². The van der Waals surface area contributed by atoms with Crippen molar-refractivity contribution in [3.05, 3.63) is 41.3 Å². The SMILES string of the molecule is CNC(=O)c1ccc2[nH]c(-c3cccs3)nc2c1. The van der Waals surface area contributed by atoms with E-state index in [1.54, 1.807) is 30.5 Å². The highest BCUT2D eigenvalue weighted by Crippen LogP contribution is 2.24. The van der Waals surface area contributed by atoms with Gasteiger partial charge in [0, 0.05) is 12.6 Å². The average molecular weight is 257 g/mol. The van der Waals surface area contributed by atoms with E-state index in [4.69, 9.17) is 0 Å². The molecule has 0 spiro atoms. The Hall–Kier alpha value is -2.14. The van der Waals surface area contributed by atoms with Crippen LogP contribution in [0.4, 0.5) is 0 Å². The van der Waals surface area contributed by atoms with E-state index in [1.807, 2.05) is 23.6 Å². The van der Waals surface area contributed by atoms with Gasteiger partial charge in [-0.05, 0) is 29.6 Å². The van der Waals surface area contributed by atoms with Gasteiger partial charge in [0.2, 0.25) is 0 Å². The van der Waals surface area contributed by atoms with Crippen molar-refractivity contribution in [2.24, 2.45) is 0 Å². The van der Waals surface area contributed by atoms with Gasteiger partial charge in [0.1, 0.15) is 5.82 Å². The van der Waals surface area contributed by atoms with Crippen molar-refractivity contribution in [3.8, 4) is 10.7 Å². The third-order valence-electron chi connectivity index (χ3n) is 2.73. The number of nitrogens with one attached hydrogen (secondary N) is 2. The first-order chi connectivity index (χ1) is 8.78. The largest absolute Gasteiger partial charge is 0.355 e. The quantitative estimate of drug-likeness (QED) is 0.741. The van der Waals surface area contributed by atoms with Gasteiger partial charge in [-0.25, -0.2) is 4.98 Å². The van der Waals surface area contributed by atoms with Gasteiger partial charge in [0.15, 0.2) is 0 Å². The van der Waals surface area contributed by atoms with Crippen LogP contribution in [0, 0.1) is 0 Å². The number of amides is 1. The predicted octanol–water partition coefficient (Wildman–Crippen LogP) is 2.65. The molecule has 0 aliphatic heterocycles. The highest BCUT2D eigenvalue weighted by atomic mass is 32.1. The molecule has 0 aliphatic carbocycles. The molecule has 0 saturated carbocycles. The fourth-order valence-electron chi connectivity index (χ4n) is 1.82. The molecule has 0 atom stereocenters. The third kappa shape index (κ3) is 1.78. The molecule has 2 N–H and O–H groups in total. The molecular formula is C13H11N3OS. The molecule has 1 amide bonds. The molecule has 0 aliphatic rings. The summed E-state index contributed by atoms with van der Waals surface area (Å²) in [6, 6.07) is 9.47. The average Bonchev–Trinajstić information content (AvgIpc) is 3.04. The van der Waals surface area contributed by atoms with E-state index < -0.39 is 0 Å². The van der Waals surface area contributed by atoms with Gasteiger partial charge in [0.25, 0.3) is 5.91 Å². The number of carbonyl (C=O) groups excluding carboxylic acids is 1. The molecule has 1 aromatic carbocycles. The lowest BCUT2D eigenvalue weighted by atomic mass is 10.2. The fraction of sp³-hybridized carbons (Fsp3) is 0.0769. The standard InChI is InChI=1S/C13H11N3OS/c1-14-13(17)8-4-5-9-10(7-8)16-12(15-9)11-3-2-6-18-11/h2-7H,1H3,(H,14,17)(H,15,16). The molecular weight excluding hydrogens is 246 g/mol. The van der Waals surface area contributed by atoms with Gasteiger partial charge in [-0.3, -0.25) is 4.79 Å². The zero-order valence-electron chi connectivity index (χ0n) is 9.73. The number of rotatable bonds is 2. The molecule has 2 heterocycles. The van der Waals surface area contributed by atoms with E-state index in [0.717, 1.165) is 21.7 Å². The van der Waals surface area contributed by atoms with Crippen LogP contribution < -0.4 is 5.32 Å². The normalized spacial score (nSPS) is 10.7. The third-order valence-corrected chi connectivity index (χ3v) is 3.60. The second-order valence-electron chi connectivity index (χ2n) is 3.87. The monoisotopic (exact) mass is 257 g/mol. The summed E-state index contributed by atoms with van der Waals surface area (Å²) in [4.78, 5) is 20.4. The van der Waals surface area contributed by atoms with Crippen molar-refractivity contribution in [1.29, 1.82) is 0 Å².